The van der Waals surface area contributed by atoms with Crippen LogP contribution < -0.4 is 0 Å². The molecule has 0 spiro atoms. The van der Waals surface area contributed by atoms with Crippen molar-refractivity contribution in [2.45, 2.75) is 0 Å². The molecule has 0 saturated heterocycles. The van der Waals surface area contributed by atoms with Gasteiger partial charge in [-0.25, -0.2) is 0 Å². The third-order valence-electron chi connectivity index (χ3n) is 1.22. The molecular weight excluding hydrogens is 138 g/mol. The first kappa shape index (κ1) is 7.11. The third kappa shape index (κ3) is 1.47. The fourth-order valence-electron chi connectivity index (χ4n) is 0.738. The highest BCUT2D eigenvalue weighted by atomic mass is 14.7. The quantitative estimate of drug-likeness (QED) is 0.604. The fraction of sp³-hybridized carbons (Fsp3) is 0. The molecule has 0 bridgehead atoms. The van der Waals surface area contributed by atoms with Crippen molar-refractivity contribution < 1.29 is 0 Å². The summed E-state index contributed by atoms with van der Waals surface area (Å²) in [6.45, 7) is 0. The van der Waals surface area contributed by atoms with E-state index in [4.69, 9.17) is 10.5 Å². The van der Waals surface area contributed by atoms with E-state index in [0.29, 0.717) is 11.3 Å². The maximum Gasteiger partial charge on any atom is 0.101 e. The summed E-state index contributed by atoms with van der Waals surface area (Å²) in [5.41, 5.74) is 1.23. The van der Waals surface area contributed by atoms with Gasteiger partial charge in [0.15, 0.2) is 0 Å². The normalized spacial score (nSPS) is 9.27. The third-order valence-corrected chi connectivity index (χ3v) is 1.22. The van der Waals surface area contributed by atoms with Gasteiger partial charge in [-0.05, 0) is 12.1 Å². The van der Waals surface area contributed by atoms with Gasteiger partial charge in [0, 0.05) is 12.3 Å². The van der Waals surface area contributed by atoms with Crippen molar-refractivity contribution in [3.05, 3.63) is 29.6 Å². The van der Waals surface area contributed by atoms with Gasteiger partial charge in [-0.1, -0.05) is 0 Å². The molecule has 0 aliphatic rings. The van der Waals surface area contributed by atoms with Crippen LogP contribution in [0.25, 0.3) is 6.08 Å². The van der Waals surface area contributed by atoms with Crippen LogP contribution in [0.5, 0.6) is 0 Å². The highest BCUT2D eigenvalue weighted by Crippen LogP contribution is 2.05. The topological polar surface area (TPSA) is 63.4 Å². The second-order valence-corrected chi connectivity index (χ2v) is 1.88. The van der Waals surface area contributed by atoms with Crippen LogP contribution in [0.1, 0.15) is 11.3 Å². The summed E-state index contributed by atoms with van der Waals surface area (Å²) >= 11 is 0. The highest BCUT2D eigenvalue weighted by molar-refractivity contribution is 5.55. The van der Waals surface area contributed by atoms with Gasteiger partial charge in [0.05, 0.1) is 17.3 Å². The number of aromatic nitrogens is 1. The number of nitrogens with zero attached hydrogens (tertiary/aromatic N) is 2. The maximum absolute atomic E-state index is 8.52. The molecule has 0 unspecified atom stereocenters. The van der Waals surface area contributed by atoms with Gasteiger partial charge in [-0.15, -0.1) is 0 Å². The molecule has 0 atom stereocenters. The average Bonchev–Trinajstić information content (AvgIpc) is 2.47. The first-order valence-electron chi connectivity index (χ1n) is 3.02. The summed E-state index contributed by atoms with van der Waals surface area (Å²) in [7, 11) is 0. The Bertz CT molecular complexity index is 346. The molecule has 1 aromatic heterocycles. The van der Waals surface area contributed by atoms with Crippen LogP contribution in [0.15, 0.2) is 18.3 Å². The number of rotatable bonds is 1. The summed E-state index contributed by atoms with van der Waals surface area (Å²) in [5.74, 6) is 0. The second-order valence-electron chi connectivity index (χ2n) is 1.88. The minimum atomic E-state index is 0.552. The van der Waals surface area contributed by atoms with E-state index < -0.39 is 0 Å². The fourth-order valence-corrected chi connectivity index (χ4v) is 0.738. The molecule has 3 nitrogen and oxygen atoms in total. The Hall–Kier alpha value is -2.00. The Morgan fingerprint density at radius 1 is 1.45 bits per heavy atom. The van der Waals surface area contributed by atoms with Crippen molar-refractivity contribution in [3.63, 3.8) is 0 Å². The van der Waals surface area contributed by atoms with Crippen molar-refractivity contribution in [1.29, 1.82) is 10.5 Å². The van der Waals surface area contributed by atoms with Crippen molar-refractivity contribution in [3.8, 4) is 12.1 Å². The minimum absolute atomic E-state index is 0.552. The first-order valence-corrected chi connectivity index (χ1v) is 3.02. The van der Waals surface area contributed by atoms with E-state index in [-0.39, 0.29) is 0 Å². The largest absolute Gasteiger partial charge is 0.361 e. The molecule has 1 N–H and O–H groups in total. The van der Waals surface area contributed by atoms with Crippen LogP contribution in [-0.4, -0.2) is 4.98 Å². The lowest BCUT2D eigenvalue weighted by Gasteiger charge is -1.83. The predicted molar refractivity (Wildman–Crippen MR) is 40.2 cm³/mol. The number of nitrogens with one attached hydrogen (secondary N) is 1. The number of hydrogen-bond donors (Lipinski definition) is 1. The molecule has 0 aliphatic carbocycles. The van der Waals surface area contributed by atoms with Gasteiger partial charge in [0.1, 0.15) is 6.07 Å². The number of allylic oxidation sites excluding steroid dienone is 1. The molecule has 52 valence electrons. The molecule has 3 heteroatoms. The molecule has 0 saturated carbocycles. The van der Waals surface area contributed by atoms with Gasteiger partial charge in [-0.2, -0.15) is 10.5 Å². The molecular formula is C8H5N3. The first-order chi connectivity index (χ1) is 5.38. The van der Waals surface area contributed by atoms with Gasteiger partial charge in [-0.3, -0.25) is 0 Å². The van der Waals surface area contributed by atoms with Crippen molar-refractivity contribution >= 4 is 6.08 Å². The molecule has 1 aromatic rings. The Labute approximate surface area is 64.2 Å². The zero-order valence-corrected chi connectivity index (χ0v) is 5.70. The van der Waals surface area contributed by atoms with Gasteiger partial charge < -0.3 is 4.98 Å². The van der Waals surface area contributed by atoms with Crippen molar-refractivity contribution in [1.82, 2.24) is 4.98 Å². The standard InChI is InChI=1S/C8H5N3/c9-4-1-2-8-7(6-10)3-5-11-8/h1-3,5,11H/b2-1+. The molecule has 0 fully saturated rings. The van der Waals surface area contributed by atoms with E-state index in [2.05, 4.69) is 4.98 Å². The average molecular weight is 143 g/mol. The zero-order chi connectivity index (χ0) is 8.10. The molecule has 0 radical (unpaired) electrons. The lowest BCUT2D eigenvalue weighted by atomic mass is 10.2. The van der Waals surface area contributed by atoms with Crippen LogP contribution in [0.2, 0.25) is 0 Å². The van der Waals surface area contributed by atoms with Crippen LogP contribution in [0.3, 0.4) is 0 Å². The molecule has 0 aliphatic heterocycles. The van der Waals surface area contributed by atoms with E-state index in [1.54, 1.807) is 18.3 Å². The van der Waals surface area contributed by atoms with Crippen LogP contribution in [0, 0.1) is 22.7 Å². The minimum Gasteiger partial charge on any atom is -0.361 e. The number of H-pyrrole nitrogens is 1. The van der Waals surface area contributed by atoms with Gasteiger partial charge >= 0.3 is 0 Å². The summed E-state index contributed by atoms with van der Waals surface area (Å²) in [4.78, 5) is 2.83. The van der Waals surface area contributed by atoms with Gasteiger partial charge in [0.2, 0.25) is 0 Å². The highest BCUT2D eigenvalue weighted by Gasteiger charge is 1.96. The van der Waals surface area contributed by atoms with Gasteiger partial charge in [0.25, 0.3) is 0 Å². The van der Waals surface area contributed by atoms with E-state index in [9.17, 15) is 0 Å². The predicted octanol–water partition coefficient (Wildman–Crippen LogP) is 1.42. The second kappa shape index (κ2) is 3.24. The molecule has 0 aromatic carbocycles. The molecule has 1 heterocycles. The molecule has 0 amide bonds. The number of nitriles is 2. The maximum atomic E-state index is 8.52. The zero-order valence-electron chi connectivity index (χ0n) is 5.70. The SMILES string of the molecule is N#C/C=C/c1[nH]ccc1C#N. The van der Waals surface area contributed by atoms with Crippen molar-refractivity contribution in [2.24, 2.45) is 0 Å². The summed E-state index contributed by atoms with van der Waals surface area (Å²) in [6, 6.07) is 5.50. The lowest BCUT2D eigenvalue weighted by molar-refractivity contribution is 1.36. The number of hydrogen-bond acceptors (Lipinski definition) is 2. The Morgan fingerprint density at radius 2 is 2.27 bits per heavy atom. The summed E-state index contributed by atoms with van der Waals surface area (Å²) < 4.78 is 0. The van der Waals surface area contributed by atoms with E-state index in [1.165, 1.54) is 6.08 Å². The van der Waals surface area contributed by atoms with Crippen LogP contribution in [0.4, 0.5) is 0 Å². The van der Waals surface area contributed by atoms with E-state index >= 15 is 0 Å². The Morgan fingerprint density at radius 3 is 2.91 bits per heavy atom. The van der Waals surface area contributed by atoms with E-state index in [1.807, 2.05) is 12.1 Å². The summed E-state index contributed by atoms with van der Waals surface area (Å²) in [6.07, 6.45) is 4.56. The molecule has 1 rings (SSSR count). The van der Waals surface area contributed by atoms with Crippen molar-refractivity contribution in [2.75, 3.05) is 0 Å². The smallest absolute Gasteiger partial charge is 0.101 e. The monoisotopic (exact) mass is 143 g/mol. The summed E-state index contributed by atoms with van der Waals surface area (Å²) in [5, 5.41) is 16.7. The van der Waals surface area contributed by atoms with Crippen LogP contribution >= 0.6 is 0 Å². The molecule has 11 heavy (non-hydrogen) atoms. The van der Waals surface area contributed by atoms with Crippen LogP contribution in [-0.2, 0) is 0 Å². The Balaban J connectivity index is 2.98. The van der Waals surface area contributed by atoms with E-state index in [0.717, 1.165) is 0 Å². The number of aromatic amines is 1. The lowest BCUT2D eigenvalue weighted by Crippen LogP contribution is -1.74. The Kier molecular flexibility index (Phi) is 2.09.